The Morgan fingerprint density at radius 1 is 1.05 bits per heavy atom. The number of anilines is 1. The van der Waals surface area contributed by atoms with Crippen molar-refractivity contribution < 1.29 is 0 Å². The fourth-order valence-electron chi connectivity index (χ4n) is 2.71. The zero-order valence-electron chi connectivity index (χ0n) is 11.2. The van der Waals surface area contributed by atoms with Gasteiger partial charge >= 0.3 is 0 Å². The van der Waals surface area contributed by atoms with E-state index in [4.69, 9.17) is 10.7 Å². The Morgan fingerprint density at radius 3 is 2.70 bits per heavy atom. The van der Waals surface area contributed by atoms with Gasteiger partial charge in [0.25, 0.3) is 0 Å². The van der Waals surface area contributed by atoms with Crippen molar-refractivity contribution in [3.05, 3.63) is 47.5 Å². The first-order valence-electron chi connectivity index (χ1n) is 7.05. The molecule has 0 bridgehead atoms. The molecule has 1 fully saturated rings. The van der Waals surface area contributed by atoms with E-state index in [-0.39, 0.29) is 0 Å². The lowest BCUT2D eigenvalue weighted by molar-refractivity contribution is 0.413. The third-order valence-corrected chi connectivity index (χ3v) is 5.07. The summed E-state index contributed by atoms with van der Waals surface area (Å²) in [6.07, 6.45) is 3.96. The average Bonchev–Trinajstić information content (AvgIpc) is 2.85. The molecule has 0 unspecified atom stereocenters. The van der Waals surface area contributed by atoms with Crippen molar-refractivity contribution in [2.24, 2.45) is 0 Å². The van der Waals surface area contributed by atoms with E-state index in [1.807, 2.05) is 12.1 Å². The van der Waals surface area contributed by atoms with E-state index < -0.39 is 0 Å². The van der Waals surface area contributed by atoms with Crippen LogP contribution in [0.4, 0.5) is 5.69 Å². The zero-order chi connectivity index (χ0) is 13.5. The lowest BCUT2D eigenvalue weighted by Gasteiger charge is -2.22. The predicted octanol–water partition coefficient (Wildman–Crippen LogP) is 4.81. The number of benzene rings is 2. The largest absolute Gasteiger partial charge is 0.399 e. The molecule has 1 aliphatic carbocycles. The number of nitrogen functional groups attached to an aromatic ring is 1. The van der Waals surface area contributed by atoms with Gasteiger partial charge in [-0.2, -0.15) is 0 Å². The quantitative estimate of drug-likeness (QED) is 0.684. The van der Waals surface area contributed by atoms with E-state index in [9.17, 15) is 0 Å². The van der Waals surface area contributed by atoms with Gasteiger partial charge in [-0.3, -0.25) is 0 Å². The monoisotopic (exact) mass is 280 g/mol. The van der Waals surface area contributed by atoms with Crippen LogP contribution in [0.2, 0.25) is 0 Å². The van der Waals surface area contributed by atoms with Gasteiger partial charge in [-0.1, -0.05) is 24.6 Å². The fraction of sp³-hybridized carbons (Fsp3) is 0.235. The molecule has 3 heteroatoms. The van der Waals surface area contributed by atoms with Crippen LogP contribution < -0.4 is 5.73 Å². The van der Waals surface area contributed by atoms with E-state index in [0.29, 0.717) is 5.92 Å². The SMILES string of the molecule is Nc1ccc2ccc(-c3nc(C4CCC4)cs3)cc2c1. The lowest BCUT2D eigenvalue weighted by Crippen LogP contribution is -2.08. The number of fused-ring (bicyclic) bond motifs is 1. The molecule has 0 amide bonds. The Labute approximate surface area is 122 Å². The summed E-state index contributed by atoms with van der Waals surface area (Å²) in [7, 11) is 0. The van der Waals surface area contributed by atoms with Gasteiger partial charge in [0.05, 0.1) is 5.69 Å². The molecule has 0 spiro atoms. The topological polar surface area (TPSA) is 38.9 Å². The highest BCUT2D eigenvalue weighted by Crippen LogP contribution is 2.38. The van der Waals surface area contributed by atoms with Crippen molar-refractivity contribution in [3.63, 3.8) is 0 Å². The molecule has 1 heterocycles. The van der Waals surface area contributed by atoms with Crippen LogP contribution in [0.1, 0.15) is 30.9 Å². The molecule has 0 saturated heterocycles. The van der Waals surface area contributed by atoms with Crippen LogP contribution in [0.25, 0.3) is 21.3 Å². The van der Waals surface area contributed by atoms with E-state index in [0.717, 1.165) is 10.7 Å². The molecule has 0 atom stereocenters. The third-order valence-electron chi connectivity index (χ3n) is 4.16. The summed E-state index contributed by atoms with van der Waals surface area (Å²) in [5, 5.41) is 5.75. The van der Waals surface area contributed by atoms with Crippen molar-refractivity contribution in [3.8, 4) is 10.6 Å². The van der Waals surface area contributed by atoms with Crippen molar-refractivity contribution >= 4 is 27.8 Å². The highest BCUT2D eigenvalue weighted by atomic mass is 32.1. The normalized spacial score (nSPS) is 15.4. The molecule has 1 aromatic heterocycles. The van der Waals surface area contributed by atoms with E-state index in [2.05, 4.69) is 29.6 Å². The Bertz CT molecular complexity index is 772. The van der Waals surface area contributed by atoms with Crippen LogP contribution in [-0.4, -0.2) is 4.98 Å². The highest BCUT2D eigenvalue weighted by molar-refractivity contribution is 7.13. The molecule has 1 saturated carbocycles. The predicted molar refractivity (Wildman–Crippen MR) is 86.1 cm³/mol. The Morgan fingerprint density at radius 2 is 1.90 bits per heavy atom. The number of hydrogen-bond donors (Lipinski definition) is 1. The minimum Gasteiger partial charge on any atom is -0.399 e. The van der Waals surface area contributed by atoms with Crippen molar-refractivity contribution in [2.75, 3.05) is 5.73 Å². The molecule has 20 heavy (non-hydrogen) atoms. The maximum Gasteiger partial charge on any atom is 0.123 e. The molecule has 2 aromatic carbocycles. The summed E-state index contributed by atoms with van der Waals surface area (Å²) < 4.78 is 0. The molecular formula is C17H16N2S. The first kappa shape index (κ1) is 11.9. The van der Waals surface area contributed by atoms with Gasteiger partial charge in [0.2, 0.25) is 0 Å². The maximum absolute atomic E-state index is 5.87. The molecule has 0 aliphatic heterocycles. The first-order chi connectivity index (χ1) is 9.79. The summed E-state index contributed by atoms with van der Waals surface area (Å²) in [5.74, 6) is 0.705. The van der Waals surface area contributed by atoms with Gasteiger partial charge in [-0.15, -0.1) is 11.3 Å². The number of aromatic nitrogens is 1. The number of rotatable bonds is 2. The van der Waals surface area contributed by atoms with Crippen molar-refractivity contribution in [1.29, 1.82) is 0 Å². The van der Waals surface area contributed by atoms with Gasteiger partial charge in [-0.25, -0.2) is 4.98 Å². The molecule has 3 aromatic rings. The van der Waals surface area contributed by atoms with Gasteiger partial charge in [0.1, 0.15) is 5.01 Å². The van der Waals surface area contributed by atoms with Gasteiger partial charge < -0.3 is 5.73 Å². The van der Waals surface area contributed by atoms with Gasteiger partial charge in [0, 0.05) is 22.5 Å². The van der Waals surface area contributed by atoms with Crippen LogP contribution in [0, 0.1) is 0 Å². The third kappa shape index (κ3) is 1.98. The summed E-state index contributed by atoms with van der Waals surface area (Å²) in [5.41, 5.74) is 9.15. The van der Waals surface area contributed by atoms with Crippen LogP contribution in [0.15, 0.2) is 41.8 Å². The highest BCUT2D eigenvalue weighted by Gasteiger charge is 2.22. The summed E-state index contributed by atoms with van der Waals surface area (Å²) in [6, 6.07) is 12.5. The Hall–Kier alpha value is -1.87. The average molecular weight is 280 g/mol. The number of hydrogen-bond acceptors (Lipinski definition) is 3. The van der Waals surface area contributed by atoms with Crippen LogP contribution >= 0.6 is 11.3 Å². The fourth-order valence-corrected chi connectivity index (χ4v) is 3.61. The van der Waals surface area contributed by atoms with Crippen LogP contribution in [0.5, 0.6) is 0 Å². The molecule has 1 aliphatic rings. The Balaban J connectivity index is 1.75. The van der Waals surface area contributed by atoms with Crippen LogP contribution in [0.3, 0.4) is 0 Å². The van der Waals surface area contributed by atoms with E-state index >= 15 is 0 Å². The Kier molecular flexibility index (Phi) is 2.74. The summed E-state index contributed by atoms with van der Waals surface area (Å²) in [6.45, 7) is 0. The smallest absolute Gasteiger partial charge is 0.123 e. The zero-order valence-corrected chi connectivity index (χ0v) is 12.0. The molecular weight excluding hydrogens is 264 g/mol. The number of nitrogens with two attached hydrogens (primary N) is 1. The molecule has 100 valence electrons. The second kappa shape index (κ2) is 4.60. The maximum atomic E-state index is 5.87. The first-order valence-corrected chi connectivity index (χ1v) is 7.93. The summed E-state index contributed by atoms with van der Waals surface area (Å²) >= 11 is 1.75. The second-order valence-electron chi connectivity index (χ2n) is 5.53. The molecule has 0 radical (unpaired) electrons. The number of thiazole rings is 1. The van der Waals surface area contributed by atoms with Gasteiger partial charge in [-0.05, 0) is 41.8 Å². The summed E-state index contributed by atoms with van der Waals surface area (Å²) in [4.78, 5) is 4.82. The van der Waals surface area contributed by atoms with Gasteiger partial charge in [0.15, 0.2) is 0 Å². The standard InChI is InChI=1S/C17H16N2S/c18-15-7-6-11-4-5-13(8-14(11)9-15)17-19-16(10-20-17)12-2-1-3-12/h4-10,12H,1-3,18H2. The second-order valence-corrected chi connectivity index (χ2v) is 6.38. The number of nitrogens with zero attached hydrogens (tertiary/aromatic N) is 1. The molecule has 4 rings (SSSR count). The minimum atomic E-state index is 0.705. The molecule has 2 N–H and O–H groups in total. The van der Waals surface area contributed by atoms with Crippen molar-refractivity contribution in [2.45, 2.75) is 25.2 Å². The van der Waals surface area contributed by atoms with E-state index in [1.54, 1.807) is 11.3 Å². The van der Waals surface area contributed by atoms with E-state index in [1.165, 1.54) is 41.3 Å². The lowest BCUT2D eigenvalue weighted by atomic mass is 9.83. The minimum absolute atomic E-state index is 0.705. The molecule has 2 nitrogen and oxygen atoms in total. The van der Waals surface area contributed by atoms with Crippen molar-refractivity contribution in [1.82, 2.24) is 4.98 Å². The van der Waals surface area contributed by atoms with Crippen LogP contribution in [-0.2, 0) is 0 Å².